The van der Waals surface area contributed by atoms with E-state index in [0.29, 0.717) is 18.7 Å². The van der Waals surface area contributed by atoms with Crippen molar-refractivity contribution in [3.05, 3.63) is 71.3 Å². The normalized spacial score (nSPS) is 11.9. The van der Waals surface area contributed by atoms with Crippen LogP contribution in [0.3, 0.4) is 0 Å². The fourth-order valence-electron chi connectivity index (χ4n) is 2.24. The predicted octanol–water partition coefficient (Wildman–Crippen LogP) is 3.89. The topological polar surface area (TPSA) is 38.3 Å². The number of carbonyl (C=O) groups is 1. The van der Waals surface area contributed by atoms with E-state index in [1.54, 1.807) is 0 Å². The van der Waals surface area contributed by atoms with Gasteiger partial charge in [0.25, 0.3) is 5.91 Å². The zero-order chi connectivity index (χ0) is 15.8. The van der Waals surface area contributed by atoms with E-state index in [1.807, 2.05) is 56.3 Å². The summed E-state index contributed by atoms with van der Waals surface area (Å²) in [5.41, 5.74) is 2.97. The molecule has 0 heterocycles. The summed E-state index contributed by atoms with van der Waals surface area (Å²) < 4.78 is 5.78. The highest BCUT2D eigenvalue weighted by atomic mass is 16.5. The van der Waals surface area contributed by atoms with Crippen LogP contribution in [0, 0.1) is 6.92 Å². The number of hydrogen-bond donors (Lipinski definition) is 1. The second kappa shape index (κ2) is 8.35. The first-order valence-corrected chi connectivity index (χ1v) is 7.68. The number of amides is 1. The maximum Gasteiger partial charge on any atom is 0.251 e. The van der Waals surface area contributed by atoms with Gasteiger partial charge >= 0.3 is 0 Å². The van der Waals surface area contributed by atoms with Crippen LogP contribution in [0.25, 0.3) is 0 Å². The van der Waals surface area contributed by atoms with Crippen LogP contribution in [0.15, 0.2) is 54.6 Å². The molecule has 0 aliphatic heterocycles. The summed E-state index contributed by atoms with van der Waals surface area (Å²) in [7, 11) is 0. The zero-order valence-electron chi connectivity index (χ0n) is 13.2. The van der Waals surface area contributed by atoms with Gasteiger partial charge in [-0.15, -0.1) is 0 Å². The molecular formula is C19H23NO2. The van der Waals surface area contributed by atoms with Crippen molar-refractivity contribution in [2.75, 3.05) is 13.2 Å². The van der Waals surface area contributed by atoms with Gasteiger partial charge in [0.15, 0.2) is 0 Å². The monoisotopic (exact) mass is 297 g/mol. The Hall–Kier alpha value is -2.13. The fraction of sp³-hybridized carbons (Fsp3) is 0.316. The Labute approximate surface area is 132 Å². The van der Waals surface area contributed by atoms with Crippen LogP contribution in [0.4, 0.5) is 0 Å². The average Bonchev–Trinajstić information content (AvgIpc) is 2.55. The summed E-state index contributed by atoms with van der Waals surface area (Å²) in [6.07, 6.45) is 0.878. The van der Waals surface area contributed by atoms with Gasteiger partial charge < -0.3 is 10.1 Å². The van der Waals surface area contributed by atoms with E-state index >= 15 is 0 Å². The van der Waals surface area contributed by atoms with Crippen molar-refractivity contribution in [1.29, 1.82) is 0 Å². The van der Waals surface area contributed by atoms with Crippen molar-refractivity contribution < 1.29 is 9.53 Å². The van der Waals surface area contributed by atoms with Gasteiger partial charge in [0.05, 0.1) is 6.10 Å². The van der Waals surface area contributed by atoms with Crippen molar-refractivity contribution in [3.8, 4) is 0 Å². The van der Waals surface area contributed by atoms with Gasteiger partial charge in [0.1, 0.15) is 0 Å². The van der Waals surface area contributed by atoms with E-state index < -0.39 is 0 Å². The Kier molecular flexibility index (Phi) is 6.16. The first kappa shape index (κ1) is 16.2. The van der Waals surface area contributed by atoms with Crippen LogP contribution in [-0.4, -0.2) is 19.1 Å². The lowest BCUT2D eigenvalue weighted by Gasteiger charge is -2.13. The number of ether oxygens (including phenoxy) is 1. The highest BCUT2D eigenvalue weighted by Gasteiger charge is 2.06. The molecule has 2 aromatic rings. The van der Waals surface area contributed by atoms with E-state index in [0.717, 1.165) is 12.0 Å². The standard InChI is InChI=1S/C19H23NO2/c1-15-8-6-11-18(14-15)19(21)20-12-7-13-22-16(2)17-9-4-3-5-10-17/h3-6,8-11,14,16H,7,12-13H2,1-2H3,(H,20,21). The number of aryl methyl sites for hydroxylation is 1. The lowest BCUT2D eigenvalue weighted by molar-refractivity contribution is 0.0635. The van der Waals surface area contributed by atoms with Crippen molar-refractivity contribution in [2.45, 2.75) is 26.4 Å². The Morgan fingerprint density at radius 2 is 1.91 bits per heavy atom. The molecular weight excluding hydrogens is 274 g/mol. The number of carbonyl (C=O) groups excluding carboxylic acids is 1. The van der Waals surface area contributed by atoms with Gasteiger partial charge in [0.2, 0.25) is 0 Å². The van der Waals surface area contributed by atoms with Crippen LogP contribution < -0.4 is 5.32 Å². The molecule has 0 saturated carbocycles. The van der Waals surface area contributed by atoms with Crippen molar-refractivity contribution in [3.63, 3.8) is 0 Å². The molecule has 1 atom stereocenters. The summed E-state index contributed by atoms with van der Waals surface area (Å²) in [6, 6.07) is 17.7. The summed E-state index contributed by atoms with van der Waals surface area (Å²) in [5.74, 6) is -0.0280. The van der Waals surface area contributed by atoms with Gasteiger partial charge in [0, 0.05) is 18.7 Å². The highest BCUT2D eigenvalue weighted by molar-refractivity contribution is 5.94. The first-order valence-electron chi connectivity index (χ1n) is 7.68. The lowest BCUT2D eigenvalue weighted by Crippen LogP contribution is -2.25. The highest BCUT2D eigenvalue weighted by Crippen LogP contribution is 2.15. The maximum atomic E-state index is 12.0. The van der Waals surface area contributed by atoms with Gasteiger partial charge in [-0.25, -0.2) is 0 Å². The van der Waals surface area contributed by atoms with Gasteiger partial charge in [-0.1, -0.05) is 48.0 Å². The molecule has 3 nitrogen and oxygen atoms in total. The van der Waals surface area contributed by atoms with Crippen LogP contribution in [0.5, 0.6) is 0 Å². The van der Waals surface area contributed by atoms with Crippen molar-refractivity contribution in [1.82, 2.24) is 5.32 Å². The molecule has 0 aliphatic rings. The average molecular weight is 297 g/mol. The summed E-state index contributed by atoms with van der Waals surface area (Å²) in [6.45, 7) is 5.27. The van der Waals surface area contributed by atoms with Crippen LogP contribution >= 0.6 is 0 Å². The Balaban J connectivity index is 1.66. The number of rotatable bonds is 7. The second-order valence-electron chi connectivity index (χ2n) is 5.40. The minimum Gasteiger partial charge on any atom is -0.374 e. The zero-order valence-corrected chi connectivity index (χ0v) is 13.2. The first-order chi connectivity index (χ1) is 10.7. The second-order valence-corrected chi connectivity index (χ2v) is 5.40. The maximum absolute atomic E-state index is 12.0. The molecule has 3 heteroatoms. The minimum atomic E-state index is -0.0280. The molecule has 22 heavy (non-hydrogen) atoms. The third kappa shape index (κ3) is 5.01. The van der Waals surface area contributed by atoms with Crippen molar-refractivity contribution >= 4 is 5.91 Å². The number of hydrogen-bond acceptors (Lipinski definition) is 2. The number of nitrogens with one attached hydrogen (secondary N) is 1. The molecule has 0 radical (unpaired) electrons. The number of benzene rings is 2. The van der Waals surface area contributed by atoms with Crippen LogP contribution in [-0.2, 0) is 4.74 Å². The van der Waals surface area contributed by atoms with E-state index in [-0.39, 0.29) is 12.0 Å². The van der Waals surface area contributed by atoms with E-state index in [9.17, 15) is 4.79 Å². The molecule has 1 unspecified atom stereocenters. The quantitative estimate of drug-likeness (QED) is 0.787. The molecule has 0 bridgehead atoms. The molecule has 2 aromatic carbocycles. The van der Waals surface area contributed by atoms with Crippen molar-refractivity contribution in [2.24, 2.45) is 0 Å². The SMILES string of the molecule is Cc1cccc(C(=O)NCCCOC(C)c2ccccc2)c1. The fourth-order valence-corrected chi connectivity index (χ4v) is 2.24. The molecule has 0 spiro atoms. The third-order valence-corrected chi connectivity index (χ3v) is 3.52. The largest absolute Gasteiger partial charge is 0.374 e. The Morgan fingerprint density at radius 1 is 1.14 bits per heavy atom. The van der Waals surface area contributed by atoms with Gasteiger partial charge in [-0.2, -0.15) is 0 Å². The molecule has 116 valence electrons. The van der Waals surface area contributed by atoms with E-state index in [2.05, 4.69) is 17.4 Å². The van der Waals surface area contributed by atoms with Crippen LogP contribution in [0.2, 0.25) is 0 Å². The molecule has 1 amide bonds. The third-order valence-electron chi connectivity index (χ3n) is 3.52. The summed E-state index contributed by atoms with van der Waals surface area (Å²) in [4.78, 5) is 12.0. The van der Waals surface area contributed by atoms with Gasteiger partial charge in [-0.05, 0) is 38.0 Å². The summed E-state index contributed by atoms with van der Waals surface area (Å²) in [5, 5.41) is 2.92. The van der Waals surface area contributed by atoms with E-state index in [1.165, 1.54) is 5.56 Å². The Bertz CT molecular complexity index is 595. The summed E-state index contributed by atoms with van der Waals surface area (Å²) >= 11 is 0. The predicted molar refractivity (Wildman–Crippen MR) is 88.9 cm³/mol. The van der Waals surface area contributed by atoms with Gasteiger partial charge in [-0.3, -0.25) is 4.79 Å². The molecule has 1 N–H and O–H groups in total. The van der Waals surface area contributed by atoms with Crippen LogP contribution in [0.1, 0.15) is 40.9 Å². The smallest absolute Gasteiger partial charge is 0.251 e. The van der Waals surface area contributed by atoms with E-state index in [4.69, 9.17) is 4.74 Å². The molecule has 0 aromatic heterocycles. The minimum absolute atomic E-state index is 0.0280. The molecule has 0 saturated heterocycles. The lowest BCUT2D eigenvalue weighted by atomic mass is 10.1. The molecule has 2 rings (SSSR count). The molecule has 0 fully saturated rings. The Morgan fingerprint density at radius 3 is 2.64 bits per heavy atom. The molecule has 0 aliphatic carbocycles.